The third-order valence-corrected chi connectivity index (χ3v) is 2.82. The van der Waals surface area contributed by atoms with Gasteiger partial charge in [0.15, 0.2) is 0 Å². The molecule has 0 fully saturated rings. The van der Waals surface area contributed by atoms with Gasteiger partial charge in [-0.25, -0.2) is 9.97 Å². The van der Waals surface area contributed by atoms with Crippen molar-refractivity contribution in [3.05, 3.63) is 23.3 Å². The lowest BCUT2D eigenvalue weighted by Gasteiger charge is -2.01. The first-order chi connectivity index (χ1) is 7.47. The summed E-state index contributed by atoms with van der Waals surface area (Å²) in [6.07, 6.45) is -3.99. The number of thiazole rings is 1. The second kappa shape index (κ2) is 3.82. The first kappa shape index (κ1) is 11.0. The Morgan fingerprint density at radius 2 is 2.19 bits per heavy atom. The minimum atomic E-state index is -4.80. The quantitative estimate of drug-likeness (QED) is 0.817. The largest absolute Gasteiger partial charge is 0.450 e. The molecule has 3 nitrogen and oxygen atoms in total. The number of rotatable bonds is 2. The zero-order valence-electron chi connectivity index (χ0n) is 7.78. The van der Waals surface area contributed by atoms with Crippen LogP contribution in [-0.4, -0.2) is 21.9 Å². The van der Waals surface area contributed by atoms with E-state index in [1.54, 1.807) is 12.1 Å². The average Bonchev–Trinajstić information content (AvgIpc) is 2.58. The van der Waals surface area contributed by atoms with E-state index in [4.69, 9.17) is 0 Å². The number of pyridine rings is 1. The standard InChI is InChI=1S/C9H5F3N2OS/c10-9(11,12)6(15)4-7-14-5-2-1-3-13-8(5)16-7/h1-3H,4H2. The summed E-state index contributed by atoms with van der Waals surface area (Å²) in [7, 11) is 0. The SMILES string of the molecule is O=C(Cc1nc2cccnc2s1)C(F)(F)F. The first-order valence-electron chi connectivity index (χ1n) is 4.27. The van der Waals surface area contributed by atoms with Gasteiger partial charge in [-0.05, 0) is 12.1 Å². The van der Waals surface area contributed by atoms with Gasteiger partial charge in [0.1, 0.15) is 15.4 Å². The number of carbonyl (C=O) groups excluding carboxylic acids is 1. The highest BCUT2D eigenvalue weighted by molar-refractivity contribution is 7.18. The fourth-order valence-corrected chi connectivity index (χ4v) is 2.03. The maximum atomic E-state index is 12.0. The van der Waals surface area contributed by atoms with E-state index in [1.165, 1.54) is 6.20 Å². The van der Waals surface area contributed by atoms with Crippen LogP contribution in [-0.2, 0) is 11.2 Å². The topological polar surface area (TPSA) is 42.9 Å². The molecule has 0 aliphatic carbocycles. The number of aromatic nitrogens is 2. The van der Waals surface area contributed by atoms with Gasteiger partial charge in [0.05, 0.1) is 6.42 Å². The molecule has 2 aromatic rings. The van der Waals surface area contributed by atoms with Crippen LogP contribution in [0.5, 0.6) is 0 Å². The van der Waals surface area contributed by atoms with E-state index in [1.807, 2.05) is 0 Å². The molecule has 2 rings (SSSR count). The molecular formula is C9H5F3N2OS. The lowest BCUT2D eigenvalue weighted by molar-refractivity contribution is -0.170. The van der Waals surface area contributed by atoms with Crippen LogP contribution in [0.25, 0.3) is 10.3 Å². The van der Waals surface area contributed by atoms with Gasteiger partial charge in [-0.15, -0.1) is 0 Å². The van der Waals surface area contributed by atoms with Crippen molar-refractivity contribution in [2.24, 2.45) is 0 Å². The zero-order valence-corrected chi connectivity index (χ0v) is 8.60. The molecule has 0 radical (unpaired) electrons. The number of Topliss-reactive ketones (excluding diaryl/α,β-unsaturated/α-hetero) is 1. The molecule has 0 saturated heterocycles. The van der Waals surface area contributed by atoms with E-state index in [-0.39, 0.29) is 5.01 Å². The molecule has 0 bridgehead atoms. The van der Waals surface area contributed by atoms with Crippen LogP contribution in [0.2, 0.25) is 0 Å². The molecule has 0 aliphatic heterocycles. The third-order valence-electron chi connectivity index (χ3n) is 1.84. The fraction of sp³-hybridized carbons (Fsp3) is 0.222. The number of fused-ring (bicyclic) bond motifs is 1. The smallest absolute Gasteiger partial charge is 0.289 e. The van der Waals surface area contributed by atoms with Crippen molar-refractivity contribution in [2.75, 3.05) is 0 Å². The number of hydrogen-bond donors (Lipinski definition) is 0. The maximum absolute atomic E-state index is 12.0. The Hall–Kier alpha value is -1.50. The van der Waals surface area contributed by atoms with Gasteiger partial charge in [-0.3, -0.25) is 4.79 Å². The number of nitrogens with zero attached hydrogens (tertiary/aromatic N) is 2. The van der Waals surface area contributed by atoms with Crippen molar-refractivity contribution >= 4 is 27.5 Å². The minimum Gasteiger partial charge on any atom is -0.289 e. The molecule has 16 heavy (non-hydrogen) atoms. The van der Waals surface area contributed by atoms with Gasteiger partial charge in [-0.1, -0.05) is 11.3 Å². The molecule has 2 aromatic heterocycles. The number of alkyl halides is 3. The molecular weight excluding hydrogens is 241 g/mol. The number of halogens is 3. The Morgan fingerprint density at radius 3 is 2.81 bits per heavy atom. The molecule has 84 valence electrons. The van der Waals surface area contributed by atoms with Crippen LogP contribution >= 0.6 is 11.3 Å². The molecule has 0 atom stereocenters. The molecule has 0 aliphatic rings. The van der Waals surface area contributed by atoms with Crippen molar-refractivity contribution in [3.63, 3.8) is 0 Å². The Kier molecular flexibility index (Phi) is 2.63. The van der Waals surface area contributed by atoms with E-state index in [0.29, 0.717) is 10.3 Å². The van der Waals surface area contributed by atoms with Crippen LogP contribution in [0.1, 0.15) is 5.01 Å². The van der Waals surface area contributed by atoms with E-state index in [0.717, 1.165) is 11.3 Å². The summed E-state index contributed by atoms with van der Waals surface area (Å²) in [5.41, 5.74) is 0.512. The number of carbonyl (C=O) groups is 1. The van der Waals surface area contributed by atoms with E-state index >= 15 is 0 Å². The van der Waals surface area contributed by atoms with E-state index in [9.17, 15) is 18.0 Å². The van der Waals surface area contributed by atoms with Crippen LogP contribution in [0.15, 0.2) is 18.3 Å². The summed E-state index contributed by atoms with van der Waals surface area (Å²) in [4.78, 5) is 19.1. The number of hydrogen-bond acceptors (Lipinski definition) is 4. The normalized spacial score (nSPS) is 11.9. The highest BCUT2D eigenvalue weighted by Crippen LogP contribution is 2.23. The molecule has 0 spiro atoms. The minimum absolute atomic E-state index is 0.135. The Labute approximate surface area is 91.9 Å². The van der Waals surface area contributed by atoms with Crippen LogP contribution in [0, 0.1) is 0 Å². The number of ketones is 1. The third kappa shape index (κ3) is 2.19. The molecule has 0 N–H and O–H groups in total. The molecule has 0 amide bonds. The predicted octanol–water partition coefficient (Wildman–Crippen LogP) is 2.37. The lowest BCUT2D eigenvalue weighted by Crippen LogP contribution is -2.24. The Balaban J connectivity index is 2.25. The van der Waals surface area contributed by atoms with Gasteiger partial charge in [0, 0.05) is 6.20 Å². The average molecular weight is 246 g/mol. The first-order valence-corrected chi connectivity index (χ1v) is 5.09. The molecule has 7 heteroatoms. The second-order valence-electron chi connectivity index (χ2n) is 3.03. The Morgan fingerprint density at radius 1 is 1.44 bits per heavy atom. The van der Waals surface area contributed by atoms with Crippen molar-refractivity contribution in [2.45, 2.75) is 12.6 Å². The highest BCUT2D eigenvalue weighted by atomic mass is 32.1. The second-order valence-corrected chi connectivity index (χ2v) is 4.10. The summed E-state index contributed by atoms with van der Waals surface area (Å²) in [6, 6.07) is 3.28. The van der Waals surface area contributed by atoms with Gasteiger partial charge in [-0.2, -0.15) is 13.2 Å². The van der Waals surface area contributed by atoms with Crippen LogP contribution in [0.4, 0.5) is 13.2 Å². The summed E-state index contributed by atoms with van der Waals surface area (Å²) >= 11 is 0.999. The summed E-state index contributed by atoms with van der Waals surface area (Å²) in [5, 5.41) is 0.135. The van der Waals surface area contributed by atoms with Gasteiger partial charge in [0.2, 0.25) is 5.78 Å². The van der Waals surface area contributed by atoms with Crippen LogP contribution < -0.4 is 0 Å². The summed E-state index contributed by atoms with van der Waals surface area (Å²) < 4.78 is 36.0. The maximum Gasteiger partial charge on any atom is 0.450 e. The molecule has 0 unspecified atom stereocenters. The zero-order chi connectivity index (χ0) is 11.8. The lowest BCUT2D eigenvalue weighted by atomic mass is 10.3. The van der Waals surface area contributed by atoms with Gasteiger partial charge < -0.3 is 0 Å². The van der Waals surface area contributed by atoms with E-state index in [2.05, 4.69) is 9.97 Å². The fourth-order valence-electron chi connectivity index (χ4n) is 1.13. The molecule has 0 saturated carbocycles. The summed E-state index contributed by atoms with van der Waals surface area (Å²) in [6.45, 7) is 0. The van der Waals surface area contributed by atoms with Gasteiger partial charge in [0.25, 0.3) is 0 Å². The Bertz CT molecular complexity index is 502. The van der Waals surface area contributed by atoms with Crippen LogP contribution in [0.3, 0.4) is 0 Å². The van der Waals surface area contributed by atoms with Crippen molar-refractivity contribution in [1.82, 2.24) is 9.97 Å². The highest BCUT2D eigenvalue weighted by Gasteiger charge is 2.38. The molecule has 0 aromatic carbocycles. The van der Waals surface area contributed by atoms with Crippen molar-refractivity contribution in [3.8, 4) is 0 Å². The predicted molar refractivity (Wildman–Crippen MR) is 52.2 cm³/mol. The molecule has 2 heterocycles. The van der Waals surface area contributed by atoms with Crippen molar-refractivity contribution in [1.29, 1.82) is 0 Å². The summed E-state index contributed by atoms with van der Waals surface area (Å²) in [5.74, 6) is -1.79. The monoisotopic (exact) mass is 246 g/mol. The van der Waals surface area contributed by atoms with E-state index < -0.39 is 18.4 Å². The van der Waals surface area contributed by atoms with Crippen molar-refractivity contribution < 1.29 is 18.0 Å². The van der Waals surface area contributed by atoms with Gasteiger partial charge >= 0.3 is 6.18 Å².